The highest BCUT2D eigenvalue weighted by Gasteiger charge is 2.54. The van der Waals surface area contributed by atoms with E-state index < -0.39 is 23.6 Å². The molecule has 3 unspecified atom stereocenters. The summed E-state index contributed by atoms with van der Waals surface area (Å²) in [6, 6.07) is 8.78. The SMILES string of the molecule is CC1CC2c3c(cc(O[C@H](C)C(N)=O)cc3C(N)[C@@]2(N)c2ccc3oc(N)nc3c2)O1. The van der Waals surface area contributed by atoms with Crippen molar-refractivity contribution < 1.29 is 18.7 Å². The molecular weight excluding hydrogens is 398 g/mol. The van der Waals surface area contributed by atoms with Gasteiger partial charge in [0.1, 0.15) is 17.0 Å². The molecule has 2 heterocycles. The first-order valence-electron chi connectivity index (χ1n) is 10.2. The monoisotopic (exact) mass is 423 g/mol. The summed E-state index contributed by atoms with van der Waals surface area (Å²) in [6.45, 7) is 3.59. The van der Waals surface area contributed by atoms with Crippen molar-refractivity contribution in [2.24, 2.45) is 17.2 Å². The zero-order valence-electron chi connectivity index (χ0n) is 17.3. The number of nitrogens with two attached hydrogens (primary N) is 4. The summed E-state index contributed by atoms with van der Waals surface area (Å²) in [7, 11) is 0. The standard InChI is InChI=1S/C22H25N5O4/c1-9-5-14-18-13(7-12(8-17(18)29-9)30-10(2)20(24)28)19(23)22(14,26)11-3-4-16-15(6-11)27-21(25)31-16/h3-4,6-10,14,19H,5,23,26H2,1-2H3,(H2,24,28)(H2,25,27)/t9?,10-,14?,19?,22-/m1/s1. The molecule has 1 aliphatic carbocycles. The van der Waals surface area contributed by atoms with E-state index in [1.54, 1.807) is 13.0 Å². The van der Waals surface area contributed by atoms with Crippen molar-refractivity contribution >= 4 is 23.0 Å². The molecule has 8 N–H and O–H groups in total. The van der Waals surface area contributed by atoms with Crippen LogP contribution in [0.25, 0.3) is 11.1 Å². The summed E-state index contributed by atoms with van der Waals surface area (Å²) in [5.41, 5.74) is 27.9. The van der Waals surface area contributed by atoms with Crippen molar-refractivity contribution in [3.8, 4) is 11.5 Å². The second-order valence-electron chi connectivity index (χ2n) is 8.45. The first kappa shape index (κ1) is 19.7. The van der Waals surface area contributed by atoms with Gasteiger partial charge in [0, 0.05) is 17.5 Å². The highest BCUT2D eigenvalue weighted by Crippen LogP contribution is 2.59. The molecule has 9 heteroatoms. The summed E-state index contributed by atoms with van der Waals surface area (Å²) < 4.78 is 17.2. The number of hydrogen-bond acceptors (Lipinski definition) is 8. The van der Waals surface area contributed by atoms with Crippen LogP contribution < -0.4 is 32.4 Å². The number of hydrogen-bond donors (Lipinski definition) is 4. The Labute approximate surface area is 178 Å². The number of carbonyl (C=O) groups excluding carboxylic acids is 1. The molecule has 5 rings (SSSR count). The van der Waals surface area contributed by atoms with Gasteiger partial charge in [-0.05, 0) is 49.6 Å². The number of amides is 1. The van der Waals surface area contributed by atoms with E-state index in [-0.39, 0.29) is 18.0 Å². The van der Waals surface area contributed by atoms with Gasteiger partial charge in [-0.1, -0.05) is 6.07 Å². The smallest absolute Gasteiger partial charge is 0.292 e. The van der Waals surface area contributed by atoms with Crippen molar-refractivity contribution in [1.82, 2.24) is 4.98 Å². The minimum absolute atomic E-state index is 0.0689. The number of aromatic nitrogens is 1. The van der Waals surface area contributed by atoms with Gasteiger partial charge in [-0.3, -0.25) is 4.79 Å². The van der Waals surface area contributed by atoms with Crippen LogP contribution in [0.5, 0.6) is 11.5 Å². The Bertz CT molecular complexity index is 1210. The lowest BCUT2D eigenvalue weighted by Crippen LogP contribution is -2.48. The number of ether oxygens (including phenoxy) is 2. The van der Waals surface area contributed by atoms with Gasteiger partial charge in [0.25, 0.3) is 11.9 Å². The van der Waals surface area contributed by atoms with Gasteiger partial charge in [-0.25, -0.2) is 0 Å². The number of rotatable bonds is 4. The second kappa shape index (κ2) is 6.60. The molecule has 162 valence electrons. The number of benzene rings is 2. The van der Waals surface area contributed by atoms with Crippen molar-refractivity contribution in [3.63, 3.8) is 0 Å². The van der Waals surface area contributed by atoms with Crippen LogP contribution in [0.2, 0.25) is 0 Å². The fourth-order valence-corrected chi connectivity index (χ4v) is 4.90. The number of anilines is 1. The maximum absolute atomic E-state index is 11.5. The fraction of sp³-hybridized carbons (Fsp3) is 0.364. The molecule has 9 nitrogen and oxygen atoms in total. The maximum atomic E-state index is 11.5. The average molecular weight is 423 g/mol. The lowest BCUT2D eigenvalue weighted by atomic mass is 9.74. The van der Waals surface area contributed by atoms with E-state index in [4.69, 9.17) is 36.8 Å². The molecule has 0 bridgehead atoms. The topological polar surface area (TPSA) is 166 Å². The molecule has 3 aromatic rings. The minimum atomic E-state index is -0.898. The van der Waals surface area contributed by atoms with E-state index in [2.05, 4.69) is 4.98 Å². The third-order valence-corrected chi connectivity index (χ3v) is 6.44. The molecule has 1 amide bonds. The Hall–Kier alpha value is -3.30. The zero-order chi connectivity index (χ0) is 22.1. The lowest BCUT2D eigenvalue weighted by molar-refractivity contribution is -0.123. The number of nitrogens with zero attached hydrogens (tertiary/aromatic N) is 1. The summed E-state index contributed by atoms with van der Waals surface area (Å²) in [5, 5.41) is 0. The molecule has 2 aliphatic rings. The fourth-order valence-electron chi connectivity index (χ4n) is 4.90. The molecule has 0 radical (unpaired) electrons. The van der Waals surface area contributed by atoms with Crippen LogP contribution in [0, 0.1) is 0 Å². The van der Waals surface area contributed by atoms with E-state index in [9.17, 15) is 4.79 Å². The van der Waals surface area contributed by atoms with Gasteiger partial charge in [0.15, 0.2) is 11.7 Å². The van der Waals surface area contributed by atoms with E-state index in [1.807, 2.05) is 31.2 Å². The van der Waals surface area contributed by atoms with Gasteiger partial charge in [0.05, 0.1) is 17.7 Å². The van der Waals surface area contributed by atoms with Crippen molar-refractivity contribution in [2.45, 2.75) is 50.0 Å². The number of oxazole rings is 1. The minimum Gasteiger partial charge on any atom is -0.490 e. The molecule has 31 heavy (non-hydrogen) atoms. The Morgan fingerprint density at radius 2 is 2.10 bits per heavy atom. The Balaban J connectivity index is 1.64. The summed E-state index contributed by atoms with van der Waals surface area (Å²) >= 11 is 0. The predicted octanol–water partition coefficient (Wildman–Crippen LogP) is 1.78. The van der Waals surface area contributed by atoms with Crippen LogP contribution in [-0.2, 0) is 10.3 Å². The Kier molecular flexibility index (Phi) is 4.18. The number of nitrogen functional groups attached to an aromatic ring is 1. The van der Waals surface area contributed by atoms with Crippen LogP contribution in [0.1, 0.15) is 48.9 Å². The molecule has 0 fully saturated rings. The molecule has 0 saturated heterocycles. The van der Waals surface area contributed by atoms with Gasteiger partial charge < -0.3 is 36.8 Å². The average Bonchev–Trinajstić information content (AvgIpc) is 3.18. The van der Waals surface area contributed by atoms with Crippen LogP contribution in [0.15, 0.2) is 34.7 Å². The molecule has 1 aromatic heterocycles. The summed E-state index contributed by atoms with van der Waals surface area (Å²) in [6.07, 6.45) is -0.155. The molecule has 0 spiro atoms. The first-order valence-corrected chi connectivity index (χ1v) is 10.2. The first-order chi connectivity index (χ1) is 14.7. The van der Waals surface area contributed by atoms with E-state index in [1.165, 1.54) is 0 Å². The predicted molar refractivity (Wildman–Crippen MR) is 114 cm³/mol. The van der Waals surface area contributed by atoms with Gasteiger partial charge >= 0.3 is 0 Å². The normalized spacial score (nSPS) is 27.5. The third-order valence-electron chi connectivity index (χ3n) is 6.44. The highest BCUT2D eigenvalue weighted by atomic mass is 16.5. The van der Waals surface area contributed by atoms with Crippen molar-refractivity contribution in [2.75, 3.05) is 5.73 Å². The Morgan fingerprint density at radius 1 is 1.32 bits per heavy atom. The Morgan fingerprint density at radius 3 is 2.84 bits per heavy atom. The quantitative estimate of drug-likeness (QED) is 0.493. The molecule has 2 aromatic carbocycles. The number of carbonyl (C=O) groups is 1. The third kappa shape index (κ3) is 2.84. The van der Waals surface area contributed by atoms with Gasteiger partial charge in [-0.15, -0.1) is 0 Å². The van der Waals surface area contributed by atoms with Crippen molar-refractivity contribution in [1.29, 1.82) is 0 Å². The van der Waals surface area contributed by atoms with Crippen LogP contribution in [0.4, 0.5) is 6.01 Å². The van der Waals surface area contributed by atoms with E-state index in [0.717, 1.165) is 16.7 Å². The molecule has 5 atom stereocenters. The van der Waals surface area contributed by atoms with E-state index >= 15 is 0 Å². The van der Waals surface area contributed by atoms with Gasteiger partial charge in [-0.2, -0.15) is 4.98 Å². The van der Waals surface area contributed by atoms with Crippen LogP contribution in [-0.4, -0.2) is 23.1 Å². The zero-order valence-corrected chi connectivity index (χ0v) is 17.3. The highest BCUT2D eigenvalue weighted by molar-refractivity contribution is 5.79. The van der Waals surface area contributed by atoms with Crippen molar-refractivity contribution in [3.05, 3.63) is 47.0 Å². The second-order valence-corrected chi connectivity index (χ2v) is 8.45. The molecule has 1 aliphatic heterocycles. The van der Waals surface area contributed by atoms with Crippen LogP contribution in [0.3, 0.4) is 0 Å². The largest absolute Gasteiger partial charge is 0.490 e. The van der Waals surface area contributed by atoms with E-state index in [0.29, 0.717) is 29.0 Å². The van der Waals surface area contributed by atoms with Gasteiger partial charge in [0.2, 0.25) is 0 Å². The summed E-state index contributed by atoms with van der Waals surface area (Å²) in [5.74, 6) is 0.509. The summed E-state index contributed by atoms with van der Waals surface area (Å²) in [4.78, 5) is 15.7. The molecular formula is C22H25N5O4. The number of fused-ring (bicyclic) bond motifs is 1. The number of primary amides is 1. The maximum Gasteiger partial charge on any atom is 0.292 e. The lowest BCUT2D eigenvalue weighted by Gasteiger charge is -2.39. The van der Waals surface area contributed by atoms with Crippen LogP contribution >= 0.6 is 0 Å². The molecule has 0 saturated carbocycles.